The van der Waals surface area contributed by atoms with E-state index in [4.69, 9.17) is 4.74 Å². The average molecular weight is 259 g/mol. The third kappa shape index (κ3) is 6.32. The van der Waals surface area contributed by atoms with E-state index >= 15 is 0 Å². The first-order chi connectivity index (χ1) is 8.49. The number of benzene rings is 1. The number of ether oxygens (including phenoxy) is 1. The highest BCUT2D eigenvalue weighted by Crippen LogP contribution is 2.18. The van der Waals surface area contributed by atoms with Crippen LogP contribution in [0.2, 0.25) is 6.32 Å². The number of unbranched alkanes of at least 4 members (excludes halogenated alkanes) is 2. The van der Waals surface area contributed by atoms with E-state index in [2.05, 4.69) is 0 Å². The molecule has 0 amide bonds. The Balaban J connectivity index is 2.10. The second kappa shape index (κ2) is 7.08. The van der Waals surface area contributed by atoms with Crippen LogP contribution in [0.1, 0.15) is 29.6 Å². The quantitative estimate of drug-likeness (QED) is 0.422. The summed E-state index contributed by atoms with van der Waals surface area (Å²) in [7, 11) is 0. The Morgan fingerprint density at radius 2 is 1.72 bits per heavy atom. The van der Waals surface area contributed by atoms with Crippen molar-refractivity contribution in [3.63, 3.8) is 0 Å². The van der Waals surface area contributed by atoms with Crippen molar-refractivity contribution in [1.29, 1.82) is 0 Å². The minimum Gasteiger partial charge on any atom is -0.462 e. The number of esters is 1. The van der Waals surface area contributed by atoms with Crippen molar-refractivity contribution < 1.29 is 22.5 Å². The number of carbonyl (C=O) groups excluding carboxylic acids is 1. The summed E-state index contributed by atoms with van der Waals surface area (Å²) in [5, 5.41) is 0. The van der Waals surface area contributed by atoms with Crippen molar-refractivity contribution in [2.24, 2.45) is 0 Å². The zero-order chi connectivity index (χ0) is 13.4. The third-order valence-corrected chi connectivity index (χ3v) is 2.42. The van der Waals surface area contributed by atoms with E-state index in [1.54, 1.807) is 30.3 Å². The summed E-state index contributed by atoms with van der Waals surface area (Å²) in [5.41, 5.74) is 0.455. The van der Waals surface area contributed by atoms with Gasteiger partial charge in [0.15, 0.2) is 0 Å². The van der Waals surface area contributed by atoms with Gasteiger partial charge in [-0.1, -0.05) is 37.4 Å². The van der Waals surface area contributed by atoms with E-state index in [0.29, 0.717) is 18.4 Å². The first kappa shape index (κ1) is 14.6. The summed E-state index contributed by atoms with van der Waals surface area (Å²) in [6.07, 6.45) is 0.271. The van der Waals surface area contributed by atoms with Gasteiger partial charge in [-0.05, 0) is 18.6 Å². The molecule has 0 aliphatic heterocycles. The molecule has 6 heteroatoms. The maximum Gasteiger partial charge on any atom is 0.478 e. The Kier molecular flexibility index (Phi) is 5.75. The molecule has 1 rings (SSSR count). The summed E-state index contributed by atoms with van der Waals surface area (Å²) in [6.45, 7) is -4.52. The average Bonchev–Trinajstić information content (AvgIpc) is 2.33. The molecule has 0 N–H and O–H groups in total. The van der Waals surface area contributed by atoms with Crippen LogP contribution in [-0.4, -0.2) is 19.6 Å². The number of carbonyl (C=O) groups is 1. The van der Waals surface area contributed by atoms with Gasteiger partial charge in [0.05, 0.1) is 12.2 Å². The van der Waals surface area contributed by atoms with Crippen molar-refractivity contribution >= 4 is 12.9 Å². The van der Waals surface area contributed by atoms with Gasteiger partial charge in [0.25, 0.3) is 0 Å². The van der Waals surface area contributed by atoms with Crippen molar-refractivity contribution in [3.8, 4) is 0 Å². The molecule has 0 bridgehead atoms. The van der Waals surface area contributed by atoms with Gasteiger partial charge in [-0.25, -0.2) is 4.79 Å². The molecule has 1 aromatic carbocycles. The van der Waals surface area contributed by atoms with Crippen LogP contribution in [0, 0.1) is 0 Å². The van der Waals surface area contributed by atoms with Crippen LogP contribution in [-0.2, 0) is 4.74 Å². The maximum atomic E-state index is 11.9. The summed E-state index contributed by atoms with van der Waals surface area (Å²) in [4.78, 5) is 11.4. The van der Waals surface area contributed by atoms with E-state index in [1.807, 2.05) is 0 Å². The van der Waals surface area contributed by atoms with Crippen molar-refractivity contribution in [2.75, 3.05) is 6.61 Å². The van der Waals surface area contributed by atoms with Gasteiger partial charge in [-0.2, -0.15) is 0 Å². The largest absolute Gasteiger partial charge is 0.478 e. The molecular weight excluding hydrogens is 244 g/mol. The fourth-order valence-corrected chi connectivity index (χ4v) is 1.48. The van der Waals surface area contributed by atoms with Gasteiger partial charge in [-0.3, -0.25) is 0 Å². The van der Waals surface area contributed by atoms with Gasteiger partial charge in [0, 0.05) is 0 Å². The molecule has 0 heterocycles. The van der Waals surface area contributed by atoms with Crippen molar-refractivity contribution in [2.45, 2.75) is 25.6 Å². The lowest BCUT2D eigenvalue weighted by molar-refractivity contribution is 0.0498. The highest BCUT2D eigenvalue weighted by Gasteiger charge is 2.21. The molecule has 0 spiro atoms. The second-order valence-electron chi connectivity index (χ2n) is 4.06. The Hall–Kier alpha value is -1.46. The molecule has 0 saturated heterocycles. The monoisotopic (exact) mass is 259 g/mol. The number of hydrogen-bond donors (Lipinski definition) is 0. The normalized spacial score (nSPS) is 11.3. The Labute approximate surface area is 104 Å². The van der Waals surface area contributed by atoms with Crippen LogP contribution in [0.25, 0.3) is 0 Å². The lowest BCUT2D eigenvalue weighted by atomic mass is 9.83. The minimum atomic E-state index is -4.68. The van der Waals surface area contributed by atoms with Gasteiger partial charge in [-0.15, -0.1) is 0 Å². The lowest BCUT2D eigenvalue weighted by Crippen LogP contribution is -2.13. The van der Waals surface area contributed by atoms with Crippen LogP contribution in [0.5, 0.6) is 0 Å². The van der Waals surface area contributed by atoms with Crippen molar-refractivity contribution in [1.82, 2.24) is 0 Å². The van der Waals surface area contributed by atoms with Crippen LogP contribution >= 0.6 is 0 Å². The highest BCUT2D eigenvalue weighted by atomic mass is 19.4. The molecule has 0 aromatic heterocycles. The molecule has 0 aliphatic carbocycles. The fraction of sp³-hybridized carbons (Fsp3) is 0.417. The molecule has 18 heavy (non-hydrogen) atoms. The van der Waals surface area contributed by atoms with Crippen LogP contribution < -0.4 is 0 Å². The Morgan fingerprint density at radius 1 is 1.06 bits per heavy atom. The second-order valence-corrected chi connectivity index (χ2v) is 4.06. The van der Waals surface area contributed by atoms with Gasteiger partial charge in [0.1, 0.15) is 0 Å². The number of rotatable bonds is 7. The summed E-state index contributed by atoms with van der Waals surface area (Å²) < 4.78 is 40.6. The van der Waals surface area contributed by atoms with E-state index < -0.39 is 19.3 Å². The summed E-state index contributed by atoms with van der Waals surface area (Å²) >= 11 is 0. The van der Waals surface area contributed by atoms with Gasteiger partial charge >= 0.3 is 12.9 Å². The predicted octanol–water partition coefficient (Wildman–Crippen LogP) is 3.86. The van der Waals surface area contributed by atoms with Crippen LogP contribution in [0.15, 0.2) is 30.3 Å². The summed E-state index contributed by atoms with van der Waals surface area (Å²) in [6, 6.07) is 8.50. The van der Waals surface area contributed by atoms with E-state index in [0.717, 1.165) is 0 Å². The Morgan fingerprint density at radius 3 is 2.33 bits per heavy atom. The SMILES string of the molecule is O=C(OCCCCC[B-](F)(F)F)c1ccccc1. The molecule has 0 aliphatic rings. The zero-order valence-corrected chi connectivity index (χ0v) is 9.95. The van der Waals surface area contributed by atoms with Gasteiger partial charge < -0.3 is 17.7 Å². The highest BCUT2D eigenvalue weighted by molar-refractivity contribution is 6.58. The van der Waals surface area contributed by atoms with Crippen LogP contribution in [0.4, 0.5) is 12.9 Å². The Bertz CT molecular complexity index is 365. The first-order valence-electron chi connectivity index (χ1n) is 5.92. The zero-order valence-electron chi connectivity index (χ0n) is 9.95. The topological polar surface area (TPSA) is 26.3 Å². The predicted molar refractivity (Wildman–Crippen MR) is 64.5 cm³/mol. The van der Waals surface area contributed by atoms with E-state index in [1.165, 1.54) is 0 Å². The van der Waals surface area contributed by atoms with Crippen molar-refractivity contribution in [3.05, 3.63) is 35.9 Å². The number of halogens is 3. The maximum absolute atomic E-state index is 11.9. The van der Waals surface area contributed by atoms with E-state index in [9.17, 15) is 17.7 Å². The standard InChI is InChI=1S/C12H15BF3O2/c14-13(15,16)9-5-2-6-10-18-12(17)11-7-3-1-4-8-11/h1,3-4,7-8H,2,5-6,9-10H2/q-1. The molecule has 0 saturated carbocycles. The molecule has 1 aromatic rings. The molecular formula is C12H15BF3O2-. The first-order valence-corrected chi connectivity index (χ1v) is 5.92. The minimum absolute atomic E-state index is 0.104. The smallest absolute Gasteiger partial charge is 0.462 e. The summed E-state index contributed by atoms with van der Waals surface area (Å²) in [5.74, 6) is -0.435. The molecule has 0 atom stereocenters. The fourth-order valence-electron chi connectivity index (χ4n) is 1.48. The van der Waals surface area contributed by atoms with E-state index in [-0.39, 0.29) is 13.0 Å². The molecule has 0 fully saturated rings. The third-order valence-electron chi connectivity index (χ3n) is 2.42. The van der Waals surface area contributed by atoms with Crippen LogP contribution in [0.3, 0.4) is 0 Å². The number of hydrogen-bond acceptors (Lipinski definition) is 2. The molecule has 0 unspecified atom stereocenters. The lowest BCUT2D eigenvalue weighted by Gasteiger charge is -2.12. The molecule has 0 radical (unpaired) electrons. The molecule has 100 valence electrons. The molecule has 2 nitrogen and oxygen atoms in total. The van der Waals surface area contributed by atoms with Gasteiger partial charge in [0.2, 0.25) is 0 Å².